The molecule has 0 saturated heterocycles. The number of nitrogens with one attached hydrogen (secondary N) is 1. The molecule has 32 heavy (non-hydrogen) atoms. The number of hydrogen-bond donors (Lipinski definition) is 1. The molecule has 0 fully saturated rings. The van der Waals surface area contributed by atoms with Gasteiger partial charge in [0.05, 0.1) is 27.2 Å². The lowest BCUT2D eigenvalue weighted by Gasteiger charge is -2.03. The number of aromatic nitrogens is 2. The second kappa shape index (κ2) is 8.89. The summed E-state index contributed by atoms with van der Waals surface area (Å²) >= 11 is 7.01. The van der Waals surface area contributed by atoms with Crippen LogP contribution >= 0.6 is 22.9 Å². The third-order valence-corrected chi connectivity index (χ3v) is 5.66. The molecule has 2 aromatic heterocycles. The minimum atomic E-state index is -0.650. The summed E-state index contributed by atoms with van der Waals surface area (Å²) in [5.41, 5.74) is 1.54. The van der Waals surface area contributed by atoms with Crippen molar-refractivity contribution >= 4 is 50.8 Å². The zero-order valence-electron chi connectivity index (χ0n) is 16.2. The van der Waals surface area contributed by atoms with Gasteiger partial charge in [-0.25, -0.2) is 14.2 Å². The highest BCUT2D eigenvalue weighted by Gasteiger charge is 2.15. The van der Waals surface area contributed by atoms with Gasteiger partial charge in [0.25, 0.3) is 5.69 Å². The summed E-state index contributed by atoms with van der Waals surface area (Å²) in [6.07, 6.45) is 0.451. The Morgan fingerprint density at radius 2 is 2.12 bits per heavy atom. The number of hydrogen-bond acceptors (Lipinski definition) is 7. The van der Waals surface area contributed by atoms with Gasteiger partial charge in [-0.15, -0.1) is 11.3 Å². The molecule has 2 heterocycles. The van der Waals surface area contributed by atoms with E-state index in [0.717, 1.165) is 0 Å². The number of rotatable bonds is 7. The summed E-state index contributed by atoms with van der Waals surface area (Å²) in [6.45, 7) is 0.203. The van der Waals surface area contributed by atoms with E-state index in [1.54, 1.807) is 11.4 Å². The molecular weight excluding hydrogens is 463 g/mol. The number of amides is 1. The Kier molecular flexibility index (Phi) is 6.01. The van der Waals surface area contributed by atoms with Gasteiger partial charge in [0.15, 0.2) is 10.7 Å². The molecule has 1 amide bonds. The fourth-order valence-corrected chi connectivity index (χ4v) is 4.00. The third kappa shape index (κ3) is 4.53. The number of nitro groups is 1. The number of benzene rings is 2. The van der Waals surface area contributed by atoms with Gasteiger partial charge in [-0.05, 0) is 30.7 Å². The number of non-ortho nitro benzene ring substituents is 1. The van der Waals surface area contributed by atoms with Crippen LogP contribution in [0.2, 0.25) is 5.02 Å². The highest BCUT2D eigenvalue weighted by atomic mass is 35.5. The number of aryl methyl sites for hydroxylation is 1. The molecular formula is C20H14ClFN4O5S. The number of carbonyl (C=O) groups is 1. The van der Waals surface area contributed by atoms with Crippen molar-refractivity contribution < 1.29 is 18.5 Å². The van der Waals surface area contributed by atoms with Crippen molar-refractivity contribution in [2.24, 2.45) is 0 Å². The number of anilines is 1. The first-order chi connectivity index (χ1) is 15.3. The molecule has 0 unspecified atom stereocenters. The molecule has 164 valence electrons. The van der Waals surface area contributed by atoms with Crippen molar-refractivity contribution in [3.63, 3.8) is 0 Å². The number of oxazole rings is 1. The van der Waals surface area contributed by atoms with E-state index in [1.165, 1.54) is 46.2 Å². The van der Waals surface area contributed by atoms with Crippen molar-refractivity contribution in [2.75, 3.05) is 5.32 Å². The van der Waals surface area contributed by atoms with Crippen LogP contribution in [0.4, 0.5) is 15.2 Å². The molecule has 4 aromatic rings. The summed E-state index contributed by atoms with van der Waals surface area (Å²) in [5, 5.41) is 15.6. The highest BCUT2D eigenvalue weighted by Crippen LogP contribution is 2.28. The lowest BCUT2D eigenvalue weighted by molar-refractivity contribution is -0.384. The number of thiazole rings is 1. The van der Waals surface area contributed by atoms with E-state index in [2.05, 4.69) is 10.3 Å². The molecule has 0 bridgehead atoms. The fourth-order valence-electron chi connectivity index (χ4n) is 3.08. The lowest BCUT2D eigenvalue weighted by Crippen LogP contribution is -2.17. The Morgan fingerprint density at radius 1 is 1.31 bits per heavy atom. The smallest absolute Gasteiger partial charge is 0.407 e. The Labute approximate surface area is 188 Å². The van der Waals surface area contributed by atoms with Crippen LogP contribution in [0.1, 0.15) is 12.8 Å². The normalized spacial score (nSPS) is 11.1. The lowest BCUT2D eigenvalue weighted by atomic mass is 10.2. The fraction of sp³-hybridized carbons (Fsp3) is 0.150. The maximum atomic E-state index is 13.3. The Bertz CT molecular complexity index is 1400. The summed E-state index contributed by atoms with van der Waals surface area (Å²) in [4.78, 5) is 38.9. The second-order valence-electron chi connectivity index (χ2n) is 6.75. The molecule has 1 N–H and O–H groups in total. The van der Waals surface area contributed by atoms with Crippen LogP contribution in [-0.4, -0.2) is 20.4 Å². The average molecular weight is 477 g/mol. The van der Waals surface area contributed by atoms with Gasteiger partial charge in [0, 0.05) is 30.0 Å². The predicted octanol–water partition coefficient (Wildman–Crippen LogP) is 4.84. The topological polar surface area (TPSA) is 120 Å². The highest BCUT2D eigenvalue weighted by molar-refractivity contribution is 7.14. The minimum absolute atomic E-state index is 0.0160. The zero-order valence-corrected chi connectivity index (χ0v) is 17.8. The molecule has 9 nitrogen and oxygen atoms in total. The van der Waals surface area contributed by atoms with Gasteiger partial charge in [-0.3, -0.25) is 19.5 Å². The molecule has 12 heteroatoms. The summed E-state index contributed by atoms with van der Waals surface area (Å²) < 4.78 is 19.7. The first kappa shape index (κ1) is 21.7. The number of fused-ring (bicyclic) bond motifs is 1. The monoisotopic (exact) mass is 476 g/mol. The van der Waals surface area contributed by atoms with Gasteiger partial charge in [0.2, 0.25) is 5.91 Å². The molecule has 0 aliphatic carbocycles. The van der Waals surface area contributed by atoms with Crippen LogP contribution in [0.15, 0.2) is 51.0 Å². The van der Waals surface area contributed by atoms with Crippen molar-refractivity contribution in [2.45, 2.75) is 19.4 Å². The standard InChI is InChI=1S/C20H14ClFN4O5S/c21-13-8-11(3-5-14(13)22)15-10-32-19(23-15)24-18(27)2-1-7-25-16-6-4-12(26(29)30)9-17(16)31-20(25)28/h3-6,8-10H,1-2,7H2,(H,23,24,27). The predicted molar refractivity (Wildman–Crippen MR) is 118 cm³/mol. The number of nitro benzene ring substituents is 1. The Hall–Kier alpha value is -3.57. The molecule has 2 aromatic carbocycles. The SMILES string of the molecule is O=C(CCCn1c(=O)oc2cc([N+](=O)[O-])ccc21)Nc1nc(-c2ccc(F)c(Cl)c2)cs1. The van der Waals surface area contributed by atoms with E-state index >= 15 is 0 Å². The van der Waals surface area contributed by atoms with Crippen LogP contribution in [0.3, 0.4) is 0 Å². The molecule has 0 aliphatic rings. The van der Waals surface area contributed by atoms with E-state index in [1.807, 2.05) is 0 Å². The summed E-state index contributed by atoms with van der Waals surface area (Å²) in [6, 6.07) is 8.16. The largest absolute Gasteiger partial charge is 0.419 e. The molecule has 0 saturated carbocycles. The van der Waals surface area contributed by atoms with Crippen LogP contribution in [0.5, 0.6) is 0 Å². The third-order valence-electron chi connectivity index (χ3n) is 4.61. The zero-order chi connectivity index (χ0) is 22.8. The quantitative estimate of drug-likeness (QED) is 0.301. The van der Waals surface area contributed by atoms with Crippen molar-refractivity contribution in [3.8, 4) is 11.3 Å². The molecule has 4 rings (SSSR count). The van der Waals surface area contributed by atoms with E-state index in [0.29, 0.717) is 28.3 Å². The van der Waals surface area contributed by atoms with Crippen LogP contribution in [0.25, 0.3) is 22.4 Å². The Morgan fingerprint density at radius 3 is 2.88 bits per heavy atom. The Balaban J connectivity index is 1.36. The van der Waals surface area contributed by atoms with Crippen molar-refractivity contribution in [3.05, 3.63) is 73.3 Å². The van der Waals surface area contributed by atoms with Gasteiger partial charge in [-0.1, -0.05) is 11.6 Å². The first-order valence-electron chi connectivity index (χ1n) is 9.30. The minimum Gasteiger partial charge on any atom is -0.407 e. The van der Waals surface area contributed by atoms with Gasteiger partial charge >= 0.3 is 5.76 Å². The van der Waals surface area contributed by atoms with Crippen LogP contribution < -0.4 is 11.1 Å². The van der Waals surface area contributed by atoms with Crippen molar-refractivity contribution in [1.29, 1.82) is 0 Å². The summed E-state index contributed by atoms with van der Waals surface area (Å²) in [7, 11) is 0. The number of nitrogens with zero attached hydrogens (tertiary/aromatic N) is 3. The molecule has 0 atom stereocenters. The second-order valence-corrected chi connectivity index (χ2v) is 8.01. The molecule has 0 spiro atoms. The van der Waals surface area contributed by atoms with Crippen LogP contribution in [0, 0.1) is 15.9 Å². The number of carbonyl (C=O) groups excluding carboxylic acids is 1. The van der Waals surface area contributed by atoms with Gasteiger partial charge in [0.1, 0.15) is 5.82 Å². The van der Waals surface area contributed by atoms with E-state index < -0.39 is 16.5 Å². The maximum Gasteiger partial charge on any atom is 0.419 e. The first-order valence-corrected chi connectivity index (χ1v) is 10.6. The van der Waals surface area contributed by atoms with Crippen LogP contribution in [-0.2, 0) is 11.3 Å². The van der Waals surface area contributed by atoms with E-state index in [-0.39, 0.29) is 35.2 Å². The van der Waals surface area contributed by atoms with E-state index in [4.69, 9.17) is 16.0 Å². The number of halogens is 2. The molecule has 0 aliphatic heterocycles. The van der Waals surface area contributed by atoms with Crippen molar-refractivity contribution in [1.82, 2.24) is 9.55 Å². The average Bonchev–Trinajstić information content (AvgIpc) is 3.33. The van der Waals surface area contributed by atoms with Gasteiger partial charge in [-0.2, -0.15) is 0 Å². The van der Waals surface area contributed by atoms with Gasteiger partial charge < -0.3 is 9.73 Å². The summed E-state index contributed by atoms with van der Waals surface area (Å²) in [5.74, 6) is -1.47. The van der Waals surface area contributed by atoms with E-state index in [9.17, 15) is 24.1 Å². The molecule has 0 radical (unpaired) electrons. The maximum absolute atomic E-state index is 13.3.